The second-order valence-electron chi connectivity index (χ2n) is 7.92. The molecule has 2 aromatic heterocycles. The lowest BCUT2D eigenvalue weighted by Crippen LogP contribution is -2.35. The van der Waals surface area contributed by atoms with Gasteiger partial charge >= 0.3 is 11.9 Å². The molecule has 1 saturated heterocycles. The number of nitrogens with zero attached hydrogens (tertiary/aromatic N) is 4. The Morgan fingerprint density at radius 2 is 1.18 bits per heavy atom. The van der Waals surface area contributed by atoms with Crippen LogP contribution in [0.25, 0.3) is 0 Å². The van der Waals surface area contributed by atoms with Crippen molar-refractivity contribution in [3.05, 3.63) is 54.2 Å². The zero-order chi connectivity index (χ0) is 23.8. The number of methoxy groups -OCH3 is 2. The van der Waals surface area contributed by atoms with E-state index in [-0.39, 0.29) is 0 Å². The molecule has 0 unspecified atom stereocenters. The van der Waals surface area contributed by atoms with Crippen LogP contribution in [0.4, 0.5) is 0 Å². The van der Waals surface area contributed by atoms with E-state index in [4.69, 9.17) is 9.47 Å². The molecule has 2 aromatic rings. The van der Waals surface area contributed by atoms with Crippen molar-refractivity contribution in [2.24, 2.45) is 0 Å². The monoisotopic (exact) mass is 678 g/mol. The molecule has 0 bridgehead atoms. The minimum Gasteiger partial charge on any atom is -0.464 e. The van der Waals surface area contributed by atoms with E-state index in [9.17, 15) is 9.59 Å². The van der Waals surface area contributed by atoms with Gasteiger partial charge in [-0.2, -0.15) is 0 Å². The van der Waals surface area contributed by atoms with Crippen molar-refractivity contribution in [1.29, 1.82) is 0 Å². The van der Waals surface area contributed by atoms with Crippen LogP contribution in [0.3, 0.4) is 0 Å². The highest BCUT2D eigenvalue weighted by molar-refractivity contribution is 14.1. The highest BCUT2D eigenvalue weighted by atomic mass is 127. The predicted octanol–water partition coefficient (Wildman–Crippen LogP) is 3.75. The lowest BCUT2D eigenvalue weighted by atomic mass is 10.2. The van der Waals surface area contributed by atoms with E-state index in [1.54, 1.807) is 12.1 Å². The molecule has 0 saturated carbocycles. The molecule has 0 aromatic carbocycles. The largest absolute Gasteiger partial charge is 0.464 e. The van der Waals surface area contributed by atoms with Crippen molar-refractivity contribution < 1.29 is 19.1 Å². The third-order valence-electron chi connectivity index (χ3n) is 5.43. The lowest BCUT2D eigenvalue weighted by molar-refractivity contribution is 0.0584. The minimum atomic E-state index is -0.415. The van der Waals surface area contributed by atoms with Gasteiger partial charge in [-0.1, -0.05) is 6.42 Å². The summed E-state index contributed by atoms with van der Waals surface area (Å²) in [5, 5.41) is 0. The normalized spacial score (nSPS) is 15.9. The molecule has 3 rings (SSSR count). The van der Waals surface area contributed by atoms with Gasteiger partial charge in [-0.05, 0) is 95.4 Å². The maximum absolute atomic E-state index is 11.9. The topological polar surface area (TPSA) is 84.9 Å². The summed E-state index contributed by atoms with van der Waals surface area (Å²) in [5.74, 6) is -0.830. The maximum atomic E-state index is 11.9. The molecule has 10 heteroatoms. The lowest BCUT2D eigenvalue weighted by Gasteiger charge is -2.26. The van der Waals surface area contributed by atoms with Crippen molar-refractivity contribution in [2.45, 2.75) is 32.4 Å². The van der Waals surface area contributed by atoms with Crippen LogP contribution < -0.4 is 0 Å². The number of hydrogen-bond acceptors (Lipinski definition) is 8. The number of hydrogen-bond donors (Lipinski definition) is 0. The molecule has 0 spiro atoms. The summed E-state index contributed by atoms with van der Waals surface area (Å²) >= 11 is 4.42. The van der Waals surface area contributed by atoms with E-state index in [2.05, 4.69) is 64.9 Å². The molecule has 0 N–H and O–H groups in total. The van der Waals surface area contributed by atoms with Gasteiger partial charge in [-0.15, -0.1) is 0 Å². The Bertz CT molecular complexity index is 911. The van der Waals surface area contributed by atoms with Gasteiger partial charge in [0.1, 0.15) is 11.4 Å². The fraction of sp³-hybridized carbons (Fsp3) is 0.478. The fourth-order valence-corrected chi connectivity index (χ4v) is 5.12. The summed E-state index contributed by atoms with van der Waals surface area (Å²) in [6, 6.07) is 7.52. The van der Waals surface area contributed by atoms with E-state index < -0.39 is 11.9 Å². The Morgan fingerprint density at radius 3 is 1.58 bits per heavy atom. The summed E-state index contributed by atoms with van der Waals surface area (Å²) in [6.45, 7) is 5.11. The van der Waals surface area contributed by atoms with Crippen molar-refractivity contribution >= 4 is 57.1 Å². The highest BCUT2D eigenvalue weighted by Crippen LogP contribution is 2.16. The molecule has 0 aliphatic carbocycles. The third-order valence-corrected chi connectivity index (χ3v) is 6.67. The maximum Gasteiger partial charge on any atom is 0.356 e. The Kier molecular flexibility index (Phi) is 10.3. The summed E-state index contributed by atoms with van der Waals surface area (Å²) in [7, 11) is 2.74. The van der Waals surface area contributed by atoms with E-state index >= 15 is 0 Å². The molecule has 8 nitrogen and oxygen atoms in total. The van der Waals surface area contributed by atoms with Gasteiger partial charge in [-0.3, -0.25) is 9.80 Å². The third kappa shape index (κ3) is 8.11. The number of halogens is 2. The zero-order valence-corrected chi connectivity index (χ0v) is 23.2. The van der Waals surface area contributed by atoms with Crippen molar-refractivity contribution in [2.75, 3.05) is 40.4 Å². The number of esters is 2. The van der Waals surface area contributed by atoms with Crippen LogP contribution in [0.2, 0.25) is 0 Å². The van der Waals surface area contributed by atoms with E-state index in [0.29, 0.717) is 24.5 Å². The molecule has 0 amide bonds. The van der Waals surface area contributed by atoms with Crippen LogP contribution in [-0.4, -0.2) is 72.1 Å². The molecule has 0 radical (unpaired) electrons. The van der Waals surface area contributed by atoms with E-state index in [0.717, 1.165) is 64.0 Å². The van der Waals surface area contributed by atoms with Gasteiger partial charge in [0, 0.05) is 33.3 Å². The van der Waals surface area contributed by atoms with Gasteiger partial charge in [0.25, 0.3) is 0 Å². The van der Waals surface area contributed by atoms with Crippen molar-refractivity contribution in [3.8, 4) is 0 Å². The summed E-state index contributed by atoms with van der Waals surface area (Å²) in [5.41, 5.74) is 2.43. The van der Waals surface area contributed by atoms with Crippen LogP contribution >= 0.6 is 45.2 Å². The molecule has 1 aliphatic heterocycles. The predicted molar refractivity (Wildman–Crippen MR) is 141 cm³/mol. The van der Waals surface area contributed by atoms with Crippen LogP contribution in [0.1, 0.15) is 51.6 Å². The van der Waals surface area contributed by atoms with E-state index in [1.165, 1.54) is 14.2 Å². The van der Waals surface area contributed by atoms with Gasteiger partial charge < -0.3 is 9.47 Å². The molecule has 1 aliphatic rings. The van der Waals surface area contributed by atoms with Gasteiger partial charge in [0.05, 0.1) is 25.6 Å². The molecule has 33 heavy (non-hydrogen) atoms. The number of rotatable bonds is 6. The Labute approximate surface area is 221 Å². The average Bonchev–Trinajstić information content (AvgIpc) is 2.89. The van der Waals surface area contributed by atoms with Gasteiger partial charge in [0.15, 0.2) is 0 Å². The second-order valence-corrected chi connectivity index (χ2v) is 10.4. The number of ether oxygens (including phenoxy) is 2. The zero-order valence-electron chi connectivity index (χ0n) is 18.9. The smallest absolute Gasteiger partial charge is 0.356 e. The SMILES string of the molecule is COC(=O)c1cc(I)cc(CN2CCCCCN(Cc3cc(I)cc(C(=O)OC)n3)CC2)n1. The standard InChI is InChI=1S/C23H28I2N4O4/c1-32-22(30)20-12-16(24)10-18(26-20)14-28-6-4-3-5-7-29(9-8-28)15-19-11-17(25)13-21(27-19)23(31)33-2/h10-13H,3-9,14-15H2,1-2H3. The first-order valence-electron chi connectivity index (χ1n) is 10.8. The first-order valence-corrected chi connectivity index (χ1v) is 13.0. The summed E-state index contributed by atoms with van der Waals surface area (Å²) in [6.07, 6.45) is 3.39. The van der Waals surface area contributed by atoms with E-state index in [1.807, 2.05) is 12.1 Å². The summed E-state index contributed by atoms with van der Waals surface area (Å²) < 4.78 is 11.6. The Balaban J connectivity index is 1.69. The molecule has 3 heterocycles. The number of carbonyl (C=O) groups excluding carboxylic acids is 2. The first-order chi connectivity index (χ1) is 15.9. The quantitative estimate of drug-likeness (QED) is 0.338. The number of carbonyl (C=O) groups is 2. The fourth-order valence-electron chi connectivity index (χ4n) is 3.81. The Hall–Kier alpha value is -1.38. The minimum absolute atomic E-state index is 0.344. The summed E-state index contributed by atoms with van der Waals surface area (Å²) in [4.78, 5) is 37.7. The van der Waals surface area contributed by atoms with Gasteiger partial charge in [-0.25, -0.2) is 19.6 Å². The molecule has 178 valence electrons. The average molecular weight is 678 g/mol. The van der Waals surface area contributed by atoms with Crippen LogP contribution in [-0.2, 0) is 22.6 Å². The highest BCUT2D eigenvalue weighted by Gasteiger charge is 2.17. The van der Waals surface area contributed by atoms with Gasteiger partial charge in [0.2, 0.25) is 0 Å². The molecular formula is C23H28I2N4O4. The first kappa shape index (κ1) is 26.2. The molecule has 0 atom stereocenters. The Morgan fingerprint density at radius 1 is 0.758 bits per heavy atom. The number of aromatic nitrogens is 2. The van der Waals surface area contributed by atoms with Crippen molar-refractivity contribution in [1.82, 2.24) is 19.8 Å². The van der Waals surface area contributed by atoms with Crippen molar-refractivity contribution in [3.63, 3.8) is 0 Å². The van der Waals surface area contributed by atoms with Crippen LogP contribution in [0, 0.1) is 7.14 Å². The van der Waals surface area contributed by atoms with Crippen LogP contribution in [0.5, 0.6) is 0 Å². The molecular weight excluding hydrogens is 650 g/mol. The van der Waals surface area contributed by atoms with Crippen LogP contribution in [0.15, 0.2) is 24.3 Å². The second kappa shape index (κ2) is 12.9. The number of pyridine rings is 2. The molecule has 1 fully saturated rings.